The van der Waals surface area contributed by atoms with Gasteiger partial charge in [-0.25, -0.2) is 0 Å². The molecule has 5 heteroatoms. The van der Waals surface area contributed by atoms with Crippen LogP contribution in [0.4, 0.5) is 5.69 Å². The van der Waals surface area contributed by atoms with Gasteiger partial charge in [0.25, 0.3) is 5.91 Å². The number of rotatable bonds is 4. The highest BCUT2D eigenvalue weighted by Crippen LogP contribution is 2.31. The average molecular weight is 306 g/mol. The molecule has 2 aromatic carbocycles. The van der Waals surface area contributed by atoms with Crippen LogP contribution in [-0.4, -0.2) is 20.1 Å². The highest BCUT2D eigenvalue weighted by atomic mass is 35.5. The van der Waals surface area contributed by atoms with Gasteiger partial charge in [-0.1, -0.05) is 17.7 Å². The zero-order chi connectivity index (χ0) is 15.4. The molecule has 0 aromatic heterocycles. The van der Waals surface area contributed by atoms with Crippen molar-refractivity contribution in [2.45, 2.75) is 6.92 Å². The van der Waals surface area contributed by atoms with Crippen molar-refractivity contribution in [2.75, 3.05) is 19.5 Å². The van der Waals surface area contributed by atoms with Crippen LogP contribution in [0.5, 0.6) is 11.5 Å². The molecule has 2 aromatic rings. The van der Waals surface area contributed by atoms with E-state index in [1.807, 2.05) is 6.92 Å². The van der Waals surface area contributed by atoms with E-state index >= 15 is 0 Å². The van der Waals surface area contributed by atoms with Crippen molar-refractivity contribution >= 4 is 23.2 Å². The number of anilines is 1. The average Bonchev–Trinajstić information content (AvgIpc) is 2.50. The number of aryl methyl sites for hydroxylation is 1. The van der Waals surface area contributed by atoms with Crippen LogP contribution in [0.1, 0.15) is 15.9 Å². The van der Waals surface area contributed by atoms with Crippen molar-refractivity contribution in [3.63, 3.8) is 0 Å². The predicted octanol–water partition coefficient (Wildman–Crippen LogP) is 3.92. The molecule has 2 rings (SSSR count). The van der Waals surface area contributed by atoms with E-state index in [2.05, 4.69) is 5.32 Å². The maximum atomic E-state index is 12.3. The lowest BCUT2D eigenvalue weighted by molar-refractivity contribution is 0.102. The van der Waals surface area contributed by atoms with Gasteiger partial charge in [-0.05, 0) is 36.8 Å². The summed E-state index contributed by atoms with van der Waals surface area (Å²) in [5, 5.41) is 3.41. The van der Waals surface area contributed by atoms with Crippen molar-refractivity contribution < 1.29 is 14.3 Å². The maximum Gasteiger partial charge on any atom is 0.255 e. The molecule has 0 saturated carbocycles. The first-order valence-electron chi connectivity index (χ1n) is 6.34. The fraction of sp³-hybridized carbons (Fsp3) is 0.188. The summed E-state index contributed by atoms with van der Waals surface area (Å²) in [4.78, 5) is 12.3. The van der Waals surface area contributed by atoms with Crippen molar-refractivity contribution in [1.82, 2.24) is 0 Å². The van der Waals surface area contributed by atoms with Gasteiger partial charge in [0, 0.05) is 16.7 Å². The summed E-state index contributed by atoms with van der Waals surface area (Å²) in [5.41, 5.74) is 1.94. The van der Waals surface area contributed by atoms with Gasteiger partial charge >= 0.3 is 0 Å². The monoisotopic (exact) mass is 305 g/mol. The number of halogens is 1. The topological polar surface area (TPSA) is 47.6 Å². The highest BCUT2D eigenvalue weighted by molar-refractivity contribution is 6.31. The van der Waals surface area contributed by atoms with E-state index in [0.29, 0.717) is 27.8 Å². The number of amides is 1. The smallest absolute Gasteiger partial charge is 0.255 e. The zero-order valence-corrected chi connectivity index (χ0v) is 12.8. The van der Waals surface area contributed by atoms with E-state index < -0.39 is 0 Å². The Morgan fingerprint density at radius 2 is 1.90 bits per heavy atom. The van der Waals surface area contributed by atoms with Crippen molar-refractivity contribution in [2.24, 2.45) is 0 Å². The van der Waals surface area contributed by atoms with E-state index in [9.17, 15) is 4.79 Å². The number of benzene rings is 2. The lowest BCUT2D eigenvalue weighted by Gasteiger charge is -2.12. The first-order valence-corrected chi connectivity index (χ1v) is 6.72. The van der Waals surface area contributed by atoms with Crippen LogP contribution < -0.4 is 14.8 Å². The molecule has 1 amide bonds. The molecule has 0 atom stereocenters. The third-order valence-corrected chi connectivity index (χ3v) is 3.47. The van der Waals surface area contributed by atoms with E-state index in [1.54, 1.807) is 43.5 Å². The highest BCUT2D eigenvalue weighted by Gasteiger charge is 2.12. The van der Waals surface area contributed by atoms with Crippen LogP contribution in [-0.2, 0) is 0 Å². The number of hydrogen-bond donors (Lipinski definition) is 1. The second-order valence-corrected chi connectivity index (χ2v) is 4.89. The second-order valence-electron chi connectivity index (χ2n) is 4.49. The Labute approximate surface area is 128 Å². The molecule has 0 unspecified atom stereocenters. The third kappa shape index (κ3) is 3.47. The SMILES string of the molecule is COc1cccc(C(=O)Nc2cc(C)c(Cl)cc2OC)c1. The molecule has 0 fully saturated rings. The van der Waals surface area contributed by atoms with E-state index in [1.165, 1.54) is 7.11 Å². The van der Waals surface area contributed by atoms with Crippen LogP contribution in [0.3, 0.4) is 0 Å². The Hall–Kier alpha value is -2.20. The maximum absolute atomic E-state index is 12.3. The predicted molar refractivity (Wildman–Crippen MR) is 83.7 cm³/mol. The molecule has 1 N–H and O–H groups in total. The van der Waals surface area contributed by atoms with Gasteiger partial charge in [-0.2, -0.15) is 0 Å². The van der Waals surface area contributed by atoms with Crippen LogP contribution in [0, 0.1) is 6.92 Å². The molecule has 0 aliphatic rings. The van der Waals surface area contributed by atoms with Gasteiger partial charge < -0.3 is 14.8 Å². The Balaban J connectivity index is 2.28. The zero-order valence-electron chi connectivity index (χ0n) is 12.1. The Kier molecular flexibility index (Phi) is 4.70. The molecule has 0 bridgehead atoms. The number of carbonyl (C=O) groups is 1. The van der Waals surface area contributed by atoms with E-state index in [0.717, 1.165) is 5.56 Å². The van der Waals surface area contributed by atoms with Crippen molar-refractivity contribution in [1.29, 1.82) is 0 Å². The Morgan fingerprint density at radius 1 is 1.14 bits per heavy atom. The lowest BCUT2D eigenvalue weighted by atomic mass is 10.1. The largest absolute Gasteiger partial charge is 0.497 e. The number of methoxy groups -OCH3 is 2. The number of ether oxygens (including phenoxy) is 2. The first kappa shape index (κ1) is 15.2. The van der Waals surface area contributed by atoms with Crippen LogP contribution in [0.15, 0.2) is 36.4 Å². The molecule has 110 valence electrons. The van der Waals surface area contributed by atoms with Gasteiger partial charge in [0.1, 0.15) is 11.5 Å². The molecular formula is C16H16ClNO3. The summed E-state index contributed by atoms with van der Waals surface area (Å²) >= 11 is 6.05. The van der Waals surface area contributed by atoms with Crippen molar-refractivity contribution in [3.05, 3.63) is 52.5 Å². The minimum Gasteiger partial charge on any atom is -0.497 e. The van der Waals surface area contributed by atoms with E-state index in [4.69, 9.17) is 21.1 Å². The van der Waals surface area contributed by atoms with Gasteiger partial charge in [0.2, 0.25) is 0 Å². The number of nitrogens with one attached hydrogen (secondary N) is 1. The minimum absolute atomic E-state index is 0.242. The quantitative estimate of drug-likeness (QED) is 0.931. The number of hydrogen-bond acceptors (Lipinski definition) is 3. The van der Waals surface area contributed by atoms with Gasteiger partial charge in [-0.15, -0.1) is 0 Å². The summed E-state index contributed by atoms with van der Waals surface area (Å²) < 4.78 is 10.4. The third-order valence-electron chi connectivity index (χ3n) is 3.06. The van der Waals surface area contributed by atoms with Crippen LogP contribution in [0.2, 0.25) is 5.02 Å². The van der Waals surface area contributed by atoms with Gasteiger partial charge in [0.15, 0.2) is 0 Å². The van der Waals surface area contributed by atoms with Crippen LogP contribution >= 0.6 is 11.6 Å². The molecular weight excluding hydrogens is 290 g/mol. The number of carbonyl (C=O) groups excluding carboxylic acids is 1. The molecule has 0 aliphatic carbocycles. The van der Waals surface area contributed by atoms with E-state index in [-0.39, 0.29) is 5.91 Å². The molecule has 21 heavy (non-hydrogen) atoms. The summed E-state index contributed by atoms with van der Waals surface area (Å²) in [6, 6.07) is 10.4. The molecule has 4 nitrogen and oxygen atoms in total. The summed E-state index contributed by atoms with van der Waals surface area (Å²) in [6.45, 7) is 1.86. The minimum atomic E-state index is -0.242. The summed E-state index contributed by atoms with van der Waals surface area (Å²) in [5.74, 6) is 0.901. The normalized spacial score (nSPS) is 10.1. The van der Waals surface area contributed by atoms with Gasteiger partial charge in [0.05, 0.1) is 19.9 Å². The molecule has 0 heterocycles. The Morgan fingerprint density at radius 3 is 2.57 bits per heavy atom. The summed E-state index contributed by atoms with van der Waals surface area (Å²) in [7, 11) is 3.09. The molecule has 0 aliphatic heterocycles. The van der Waals surface area contributed by atoms with Crippen molar-refractivity contribution in [3.8, 4) is 11.5 Å². The molecule has 0 spiro atoms. The summed E-state index contributed by atoms with van der Waals surface area (Å²) in [6.07, 6.45) is 0. The molecule has 0 saturated heterocycles. The fourth-order valence-corrected chi connectivity index (χ4v) is 2.04. The molecule has 0 radical (unpaired) electrons. The first-order chi connectivity index (χ1) is 10.0. The lowest BCUT2D eigenvalue weighted by Crippen LogP contribution is -2.13. The van der Waals surface area contributed by atoms with Gasteiger partial charge in [-0.3, -0.25) is 4.79 Å². The Bertz CT molecular complexity index is 671. The second kappa shape index (κ2) is 6.50. The van der Waals surface area contributed by atoms with Crippen LogP contribution in [0.25, 0.3) is 0 Å². The standard InChI is InChI=1S/C16H16ClNO3/c1-10-7-14(15(21-3)9-13(10)17)18-16(19)11-5-4-6-12(8-11)20-2/h4-9H,1-3H3,(H,18,19). The fourth-order valence-electron chi connectivity index (χ4n) is 1.89.